The smallest absolute Gasteiger partial charge is 0.223 e. The van der Waals surface area contributed by atoms with E-state index in [1.54, 1.807) is 4.90 Å². The predicted molar refractivity (Wildman–Crippen MR) is 80.2 cm³/mol. The highest BCUT2D eigenvalue weighted by molar-refractivity contribution is 5.76. The molecule has 0 aromatic heterocycles. The molecule has 0 saturated carbocycles. The molecular formula is C16H26N2O. The summed E-state index contributed by atoms with van der Waals surface area (Å²) in [5, 5.41) is 3.17. The monoisotopic (exact) mass is 262 g/mol. The Morgan fingerprint density at radius 1 is 1.26 bits per heavy atom. The van der Waals surface area contributed by atoms with Gasteiger partial charge in [0.25, 0.3) is 0 Å². The highest BCUT2D eigenvalue weighted by Gasteiger charge is 2.08. The van der Waals surface area contributed by atoms with Gasteiger partial charge in [-0.2, -0.15) is 0 Å². The zero-order valence-corrected chi connectivity index (χ0v) is 12.6. The average Bonchev–Trinajstić information content (AvgIpc) is 2.39. The lowest BCUT2D eigenvalue weighted by Gasteiger charge is -2.18. The number of amides is 1. The van der Waals surface area contributed by atoms with Gasteiger partial charge in [-0.25, -0.2) is 0 Å². The molecule has 1 aromatic rings. The molecule has 1 N–H and O–H groups in total. The van der Waals surface area contributed by atoms with Crippen molar-refractivity contribution in [3.05, 3.63) is 35.4 Å². The maximum absolute atomic E-state index is 11.9. The third-order valence-corrected chi connectivity index (χ3v) is 3.26. The fourth-order valence-electron chi connectivity index (χ4n) is 1.93. The van der Waals surface area contributed by atoms with E-state index < -0.39 is 0 Å². The number of benzene rings is 1. The highest BCUT2D eigenvalue weighted by atomic mass is 16.2. The van der Waals surface area contributed by atoms with Crippen molar-refractivity contribution in [1.29, 1.82) is 0 Å². The molecule has 0 spiro atoms. The van der Waals surface area contributed by atoms with Crippen molar-refractivity contribution in [2.45, 2.75) is 39.7 Å². The molecule has 3 nitrogen and oxygen atoms in total. The Morgan fingerprint density at radius 2 is 1.89 bits per heavy atom. The first kappa shape index (κ1) is 15.7. The number of rotatable bonds is 7. The lowest BCUT2D eigenvalue weighted by molar-refractivity contribution is -0.130. The molecule has 106 valence electrons. The summed E-state index contributed by atoms with van der Waals surface area (Å²) in [6.07, 6.45) is 0.564. The van der Waals surface area contributed by atoms with Gasteiger partial charge < -0.3 is 10.2 Å². The van der Waals surface area contributed by atoms with Crippen LogP contribution in [-0.2, 0) is 11.3 Å². The van der Waals surface area contributed by atoms with Crippen LogP contribution in [-0.4, -0.2) is 30.9 Å². The van der Waals surface area contributed by atoms with Gasteiger partial charge in [0.15, 0.2) is 0 Å². The van der Waals surface area contributed by atoms with E-state index in [4.69, 9.17) is 0 Å². The molecule has 0 atom stereocenters. The second kappa shape index (κ2) is 7.95. The first-order valence-electron chi connectivity index (χ1n) is 7.08. The molecule has 1 rings (SSSR count). The fourth-order valence-corrected chi connectivity index (χ4v) is 1.93. The van der Waals surface area contributed by atoms with Gasteiger partial charge in [0.1, 0.15) is 0 Å². The molecule has 3 heteroatoms. The Labute approximate surface area is 117 Å². The summed E-state index contributed by atoms with van der Waals surface area (Å²) in [4.78, 5) is 13.7. The van der Waals surface area contributed by atoms with E-state index in [-0.39, 0.29) is 5.91 Å². The van der Waals surface area contributed by atoms with Gasteiger partial charge in [-0.15, -0.1) is 0 Å². The third kappa shape index (κ3) is 5.43. The van der Waals surface area contributed by atoms with E-state index in [1.165, 1.54) is 11.1 Å². The Morgan fingerprint density at radius 3 is 2.42 bits per heavy atom. The molecular weight excluding hydrogens is 236 g/mol. The summed E-state index contributed by atoms with van der Waals surface area (Å²) in [6.45, 7) is 8.77. The summed E-state index contributed by atoms with van der Waals surface area (Å²) < 4.78 is 0. The van der Waals surface area contributed by atoms with Gasteiger partial charge in [0, 0.05) is 26.6 Å². The summed E-state index contributed by atoms with van der Waals surface area (Å²) in [5.41, 5.74) is 2.52. The van der Waals surface area contributed by atoms with Crippen LogP contribution in [0.2, 0.25) is 0 Å². The van der Waals surface area contributed by atoms with E-state index in [9.17, 15) is 4.79 Å². The second-order valence-corrected chi connectivity index (χ2v) is 5.25. The van der Waals surface area contributed by atoms with Crippen molar-refractivity contribution in [3.63, 3.8) is 0 Å². The number of carbonyl (C=O) groups excluding carboxylic acids is 1. The van der Waals surface area contributed by atoms with Gasteiger partial charge in [0.2, 0.25) is 5.91 Å². The molecule has 0 bridgehead atoms. The van der Waals surface area contributed by atoms with E-state index in [0.29, 0.717) is 18.9 Å². The molecule has 0 fully saturated rings. The molecule has 1 aromatic carbocycles. The Balaban J connectivity index is 2.47. The second-order valence-electron chi connectivity index (χ2n) is 5.25. The summed E-state index contributed by atoms with van der Waals surface area (Å²) in [7, 11) is 1.87. The van der Waals surface area contributed by atoms with Gasteiger partial charge in [-0.05, 0) is 23.6 Å². The van der Waals surface area contributed by atoms with Gasteiger partial charge >= 0.3 is 0 Å². The highest BCUT2D eigenvalue weighted by Crippen LogP contribution is 2.15. The minimum absolute atomic E-state index is 0.189. The van der Waals surface area contributed by atoms with Crippen molar-refractivity contribution in [1.82, 2.24) is 10.2 Å². The zero-order chi connectivity index (χ0) is 14.3. The zero-order valence-electron chi connectivity index (χ0n) is 12.6. The van der Waals surface area contributed by atoms with Crippen LogP contribution >= 0.6 is 0 Å². The lowest BCUT2D eigenvalue weighted by atomic mass is 10.0. The van der Waals surface area contributed by atoms with Crippen LogP contribution < -0.4 is 5.32 Å². The SMILES string of the molecule is CCNCCC(=O)N(C)Cc1ccc(C(C)C)cc1. The quantitative estimate of drug-likeness (QED) is 0.766. The Hall–Kier alpha value is -1.35. The number of carbonyl (C=O) groups is 1. The van der Waals surface area contributed by atoms with Crippen molar-refractivity contribution in [2.75, 3.05) is 20.1 Å². The van der Waals surface area contributed by atoms with Crippen LogP contribution in [0.5, 0.6) is 0 Å². The number of hydrogen-bond acceptors (Lipinski definition) is 2. The average molecular weight is 262 g/mol. The lowest BCUT2D eigenvalue weighted by Crippen LogP contribution is -2.29. The van der Waals surface area contributed by atoms with Crippen LogP contribution in [0, 0.1) is 0 Å². The minimum Gasteiger partial charge on any atom is -0.341 e. The molecule has 1 amide bonds. The van der Waals surface area contributed by atoms with Gasteiger partial charge in [-0.3, -0.25) is 4.79 Å². The molecule has 0 aliphatic rings. The summed E-state index contributed by atoms with van der Waals surface area (Å²) in [5.74, 6) is 0.738. The first-order valence-corrected chi connectivity index (χ1v) is 7.08. The van der Waals surface area contributed by atoms with Gasteiger partial charge in [-0.1, -0.05) is 45.0 Å². The molecule has 0 unspecified atom stereocenters. The molecule has 0 aliphatic heterocycles. The number of nitrogens with zero attached hydrogens (tertiary/aromatic N) is 1. The minimum atomic E-state index is 0.189. The van der Waals surface area contributed by atoms with Crippen LogP contribution in [0.3, 0.4) is 0 Å². The van der Waals surface area contributed by atoms with Gasteiger partial charge in [0.05, 0.1) is 0 Å². The number of nitrogens with one attached hydrogen (secondary N) is 1. The molecule has 0 heterocycles. The summed E-state index contributed by atoms with van der Waals surface area (Å²) in [6, 6.07) is 8.53. The standard InChI is InChI=1S/C16H26N2O/c1-5-17-11-10-16(19)18(4)12-14-6-8-15(9-7-14)13(2)3/h6-9,13,17H,5,10-12H2,1-4H3. The maximum atomic E-state index is 11.9. The molecule has 0 saturated heterocycles. The van der Waals surface area contributed by atoms with Crippen LogP contribution in [0.4, 0.5) is 0 Å². The largest absolute Gasteiger partial charge is 0.341 e. The van der Waals surface area contributed by atoms with E-state index in [0.717, 1.165) is 13.1 Å². The van der Waals surface area contributed by atoms with E-state index >= 15 is 0 Å². The van der Waals surface area contributed by atoms with Crippen molar-refractivity contribution in [3.8, 4) is 0 Å². The number of hydrogen-bond donors (Lipinski definition) is 1. The van der Waals surface area contributed by atoms with Crippen molar-refractivity contribution < 1.29 is 4.79 Å². The Kier molecular flexibility index (Phi) is 6.57. The first-order chi connectivity index (χ1) is 9.04. The fraction of sp³-hybridized carbons (Fsp3) is 0.562. The van der Waals surface area contributed by atoms with Crippen LogP contribution in [0.15, 0.2) is 24.3 Å². The Bertz CT molecular complexity index is 384. The van der Waals surface area contributed by atoms with E-state index in [2.05, 4.69) is 43.4 Å². The molecule has 19 heavy (non-hydrogen) atoms. The van der Waals surface area contributed by atoms with Crippen molar-refractivity contribution in [2.24, 2.45) is 0 Å². The molecule has 0 aliphatic carbocycles. The van der Waals surface area contributed by atoms with E-state index in [1.807, 2.05) is 14.0 Å². The van der Waals surface area contributed by atoms with Crippen LogP contribution in [0.1, 0.15) is 44.2 Å². The topological polar surface area (TPSA) is 32.3 Å². The normalized spacial score (nSPS) is 10.8. The molecule has 0 radical (unpaired) electrons. The van der Waals surface area contributed by atoms with Crippen LogP contribution in [0.25, 0.3) is 0 Å². The predicted octanol–water partition coefficient (Wildman–Crippen LogP) is 2.77. The van der Waals surface area contributed by atoms with Crippen molar-refractivity contribution >= 4 is 5.91 Å². The summed E-state index contributed by atoms with van der Waals surface area (Å²) >= 11 is 0. The third-order valence-electron chi connectivity index (χ3n) is 3.26. The maximum Gasteiger partial charge on any atom is 0.223 e.